The average molecular weight is 409 g/mol. The molecule has 0 aliphatic carbocycles. The topological polar surface area (TPSA) is 125 Å². The van der Waals surface area contributed by atoms with Crippen LogP contribution in [0.5, 0.6) is 0 Å². The predicted octanol–water partition coefficient (Wildman–Crippen LogP) is 2.72. The molecular weight excluding hydrogens is 386 g/mol. The van der Waals surface area contributed by atoms with Crippen molar-refractivity contribution in [2.24, 2.45) is 0 Å². The molecule has 3 aromatic rings. The number of esters is 1. The zero-order chi connectivity index (χ0) is 21.3. The standard InChI is InChI=1S/C21H23N5O4/c1-2-30-20(28)16-10-5-6-11-17(16)24-21(29)23-13-7-12-22-18-14-8-3-4-9-15(14)19(27)26-25-18/h3-6,8-11H,2,7,12-13H2,1H3,(H,22,25)(H,26,27)(H2,23,24,29). The summed E-state index contributed by atoms with van der Waals surface area (Å²) in [5.74, 6) is 0.0937. The number of ether oxygens (including phenoxy) is 1. The van der Waals surface area contributed by atoms with Crippen LogP contribution in [0.3, 0.4) is 0 Å². The van der Waals surface area contributed by atoms with Crippen LogP contribution in [-0.2, 0) is 4.74 Å². The molecule has 1 heterocycles. The molecule has 2 aromatic carbocycles. The third-order valence-electron chi connectivity index (χ3n) is 4.30. The van der Waals surface area contributed by atoms with Crippen molar-refractivity contribution in [1.82, 2.24) is 15.5 Å². The van der Waals surface area contributed by atoms with Gasteiger partial charge in [0, 0.05) is 18.5 Å². The molecule has 0 aliphatic heterocycles. The van der Waals surface area contributed by atoms with Crippen LogP contribution < -0.4 is 21.5 Å². The molecule has 0 saturated heterocycles. The maximum atomic E-state index is 12.1. The minimum absolute atomic E-state index is 0.238. The first-order valence-corrected chi connectivity index (χ1v) is 9.62. The number of nitrogens with zero attached hydrogens (tertiary/aromatic N) is 1. The van der Waals surface area contributed by atoms with E-state index in [4.69, 9.17) is 4.74 Å². The van der Waals surface area contributed by atoms with Gasteiger partial charge in [0.1, 0.15) is 0 Å². The number of anilines is 2. The minimum Gasteiger partial charge on any atom is -0.462 e. The number of H-pyrrole nitrogens is 1. The lowest BCUT2D eigenvalue weighted by molar-refractivity contribution is 0.0527. The van der Waals surface area contributed by atoms with E-state index in [1.807, 2.05) is 12.1 Å². The fraction of sp³-hybridized carbons (Fsp3) is 0.238. The molecule has 30 heavy (non-hydrogen) atoms. The number of hydrogen-bond acceptors (Lipinski definition) is 6. The molecule has 0 atom stereocenters. The molecule has 0 unspecified atom stereocenters. The summed E-state index contributed by atoms with van der Waals surface area (Å²) in [4.78, 5) is 35.9. The molecular formula is C21H23N5O4. The number of hydrogen-bond donors (Lipinski definition) is 4. The zero-order valence-electron chi connectivity index (χ0n) is 16.5. The molecule has 0 spiro atoms. The summed E-state index contributed by atoms with van der Waals surface area (Å²) in [6.45, 7) is 2.93. The number of carbonyl (C=O) groups excluding carboxylic acids is 2. The van der Waals surface area contributed by atoms with Gasteiger partial charge in [0.05, 0.1) is 23.2 Å². The van der Waals surface area contributed by atoms with Gasteiger partial charge in [-0.3, -0.25) is 4.79 Å². The summed E-state index contributed by atoms with van der Waals surface area (Å²) >= 11 is 0. The Bertz CT molecular complexity index is 1100. The molecule has 2 amide bonds. The molecule has 4 N–H and O–H groups in total. The second kappa shape index (κ2) is 10.1. The van der Waals surface area contributed by atoms with Crippen LogP contribution in [0, 0.1) is 0 Å². The van der Waals surface area contributed by atoms with Gasteiger partial charge < -0.3 is 20.7 Å². The fourth-order valence-corrected chi connectivity index (χ4v) is 2.89. The quantitative estimate of drug-likeness (QED) is 0.335. The SMILES string of the molecule is CCOC(=O)c1ccccc1NC(=O)NCCCNc1n[nH]c(=O)c2ccccc12. The van der Waals surface area contributed by atoms with Crippen LogP contribution in [0.1, 0.15) is 23.7 Å². The van der Waals surface area contributed by atoms with Gasteiger partial charge in [-0.15, -0.1) is 0 Å². The maximum Gasteiger partial charge on any atom is 0.340 e. The van der Waals surface area contributed by atoms with Gasteiger partial charge in [-0.05, 0) is 31.5 Å². The van der Waals surface area contributed by atoms with E-state index >= 15 is 0 Å². The first kappa shape index (κ1) is 20.8. The van der Waals surface area contributed by atoms with Crippen LogP contribution >= 0.6 is 0 Å². The summed E-state index contributed by atoms with van der Waals surface area (Å²) in [7, 11) is 0. The van der Waals surface area contributed by atoms with Gasteiger partial charge in [0.25, 0.3) is 5.56 Å². The number of benzene rings is 2. The fourth-order valence-electron chi connectivity index (χ4n) is 2.89. The smallest absolute Gasteiger partial charge is 0.340 e. The lowest BCUT2D eigenvalue weighted by atomic mass is 10.2. The normalized spacial score (nSPS) is 10.4. The van der Waals surface area contributed by atoms with Gasteiger partial charge in [0.15, 0.2) is 5.82 Å². The Kier molecular flexibility index (Phi) is 6.99. The Labute approximate surface area is 172 Å². The van der Waals surface area contributed by atoms with Crippen molar-refractivity contribution >= 4 is 34.3 Å². The summed E-state index contributed by atoms with van der Waals surface area (Å²) < 4.78 is 5.00. The second-order valence-electron chi connectivity index (χ2n) is 6.37. The van der Waals surface area contributed by atoms with E-state index in [-0.39, 0.29) is 12.2 Å². The van der Waals surface area contributed by atoms with Crippen molar-refractivity contribution < 1.29 is 14.3 Å². The second-order valence-corrected chi connectivity index (χ2v) is 6.37. The van der Waals surface area contributed by atoms with Gasteiger partial charge in [-0.1, -0.05) is 30.3 Å². The number of para-hydroxylation sites is 1. The molecule has 156 valence electrons. The highest BCUT2D eigenvalue weighted by Gasteiger charge is 2.13. The Morgan fingerprint density at radius 2 is 1.77 bits per heavy atom. The van der Waals surface area contributed by atoms with Crippen molar-refractivity contribution in [3.05, 3.63) is 64.4 Å². The lowest BCUT2D eigenvalue weighted by Gasteiger charge is -2.12. The number of aromatic nitrogens is 2. The van der Waals surface area contributed by atoms with Gasteiger partial charge in [0.2, 0.25) is 0 Å². The molecule has 1 aromatic heterocycles. The van der Waals surface area contributed by atoms with Crippen molar-refractivity contribution in [3.8, 4) is 0 Å². The van der Waals surface area contributed by atoms with Crippen molar-refractivity contribution in [1.29, 1.82) is 0 Å². The summed E-state index contributed by atoms with van der Waals surface area (Å²) in [6.07, 6.45) is 0.627. The third-order valence-corrected chi connectivity index (χ3v) is 4.30. The van der Waals surface area contributed by atoms with Crippen LogP contribution in [0.25, 0.3) is 10.8 Å². The summed E-state index contributed by atoms with van der Waals surface area (Å²) in [5, 5.41) is 16.4. The lowest BCUT2D eigenvalue weighted by Crippen LogP contribution is -2.31. The highest BCUT2D eigenvalue weighted by Crippen LogP contribution is 2.17. The van der Waals surface area contributed by atoms with E-state index in [0.717, 1.165) is 5.39 Å². The number of nitrogens with one attached hydrogen (secondary N) is 4. The first-order chi connectivity index (χ1) is 14.6. The highest BCUT2D eigenvalue weighted by molar-refractivity contribution is 6.00. The average Bonchev–Trinajstić information content (AvgIpc) is 2.75. The number of aromatic amines is 1. The molecule has 0 aliphatic rings. The largest absolute Gasteiger partial charge is 0.462 e. The Morgan fingerprint density at radius 3 is 2.57 bits per heavy atom. The van der Waals surface area contributed by atoms with Crippen LogP contribution in [-0.4, -0.2) is 41.9 Å². The van der Waals surface area contributed by atoms with E-state index < -0.39 is 12.0 Å². The molecule has 0 bridgehead atoms. The maximum absolute atomic E-state index is 12.1. The van der Waals surface area contributed by atoms with Gasteiger partial charge in [-0.25, -0.2) is 14.7 Å². The number of rotatable bonds is 8. The molecule has 9 nitrogen and oxygen atoms in total. The summed E-state index contributed by atoms with van der Waals surface area (Å²) in [6, 6.07) is 13.4. The van der Waals surface area contributed by atoms with E-state index in [9.17, 15) is 14.4 Å². The Hall–Kier alpha value is -3.88. The van der Waals surface area contributed by atoms with Crippen molar-refractivity contribution in [3.63, 3.8) is 0 Å². The van der Waals surface area contributed by atoms with Crippen LogP contribution in [0.2, 0.25) is 0 Å². The van der Waals surface area contributed by atoms with Crippen molar-refractivity contribution in [2.75, 3.05) is 30.3 Å². The third kappa shape index (κ3) is 5.13. The molecule has 0 fully saturated rings. The number of urea groups is 1. The van der Waals surface area contributed by atoms with Gasteiger partial charge in [-0.2, -0.15) is 5.10 Å². The number of amides is 2. The van der Waals surface area contributed by atoms with Crippen LogP contribution in [0.4, 0.5) is 16.3 Å². The predicted molar refractivity (Wildman–Crippen MR) is 115 cm³/mol. The monoisotopic (exact) mass is 409 g/mol. The molecule has 0 saturated carbocycles. The van der Waals surface area contributed by atoms with Crippen molar-refractivity contribution in [2.45, 2.75) is 13.3 Å². The van der Waals surface area contributed by atoms with Crippen LogP contribution in [0.15, 0.2) is 53.3 Å². The summed E-state index contributed by atoms with van der Waals surface area (Å²) in [5.41, 5.74) is 0.445. The molecule has 0 radical (unpaired) electrons. The van der Waals surface area contributed by atoms with E-state index in [1.54, 1.807) is 43.3 Å². The Balaban J connectivity index is 1.48. The minimum atomic E-state index is -0.488. The number of carbonyl (C=O) groups is 2. The highest BCUT2D eigenvalue weighted by atomic mass is 16.5. The zero-order valence-corrected chi connectivity index (χ0v) is 16.5. The van der Waals surface area contributed by atoms with E-state index in [1.165, 1.54) is 0 Å². The number of fused-ring (bicyclic) bond motifs is 1. The molecule has 3 rings (SSSR count). The first-order valence-electron chi connectivity index (χ1n) is 9.62. The van der Waals surface area contributed by atoms with E-state index in [2.05, 4.69) is 26.1 Å². The Morgan fingerprint density at radius 1 is 1.03 bits per heavy atom. The molecule has 9 heteroatoms. The van der Waals surface area contributed by atoms with E-state index in [0.29, 0.717) is 42.0 Å². The van der Waals surface area contributed by atoms with Gasteiger partial charge >= 0.3 is 12.0 Å².